The number of nitrogens with zero attached hydrogens (tertiary/aromatic N) is 2. The standard InChI is InChI=1S/C24H18Cl2N2OS/c1-15-3-9-19(10-4-15)27-24-28(20-11-5-16(2)6-12-20)23(29)22(30-24)13-17-7-8-18(25)14-21(17)26/h3-14H,1-2H3/b22-13+,27-24?. The summed E-state index contributed by atoms with van der Waals surface area (Å²) in [5.41, 5.74) is 4.58. The van der Waals surface area contributed by atoms with E-state index >= 15 is 0 Å². The molecule has 0 spiro atoms. The Labute approximate surface area is 190 Å². The van der Waals surface area contributed by atoms with E-state index in [0.717, 1.165) is 28.1 Å². The van der Waals surface area contributed by atoms with E-state index < -0.39 is 0 Å². The molecule has 0 radical (unpaired) electrons. The van der Waals surface area contributed by atoms with Crippen LogP contribution in [0.1, 0.15) is 16.7 Å². The number of carbonyl (C=O) groups excluding carboxylic acids is 1. The Kier molecular flexibility index (Phi) is 6.00. The van der Waals surface area contributed by atoms with Gasteiger partial charge in [0.2, 0.25) is 0 Å². The molecular formula is C24H18Cl2N2OS. The van der Waals surface area contributed by atoms with Crippen molar-refractivity contribution < 1.29 is 4.79 Å². The fourth-order valence-electron chi connectivity index (χ4n) is 2.96. The fraction of sp³-hybridized carbons (Fsp3) is 0.0833. The molecule has 0 saturated carbocycles. The number of thioether (sulfide) groups is 1. The van der Waals surface area contributed by atoms with Crippen molar-refractivity contribution in [2.45, 2.75) is 13.8 Å². The van der Waals surface area contributed by atoms with Crippen molar-refractivity contribution in [2.75, 3.05) is 4.90 Å². The van der Waals surface area contributed by atoms with Crippen LogP contribution in [-0.4, -0.2) is 11.1 Å². The first kappa shape index (κ1) is 20.7. The minimum atomic E-state index is -0.138. The molecule has 1 aliphatic rings. The van der Waals surface area contributed by atoms with E-state index in [-0.39, 0.29) is 5.91 Å². The molecule has 3 nitrogen and oxygen atoms in total. The van der Waals surface area contributed by atoms with E-state index in [1.165, 1.54) is 11.8 Å². The van der Waals surface area contributed by atoms with Gasteiger partial charge in [-0.2, -0.15) is 0 Å². The van der Waals surface area contributed by atoms with Gasteiger partial charge in [-0.05, 0) is 73.6 Å². The molecule has 30 heavy (non-hydrogen) atoms. The van der Waals surface area contributed by atoms with Crippen molar-refractivity contribution >= 4 is 63.5 Å². The number of hydrogen-bond donors (Lipinski definition) is 0. The summed E-state index contributed by atoms with van der Waals surface area (Å²) in [4.78, 5) is 20.2. The number of amides is 1. The van der Waals surface area contributed by atoms with Crippen molar-refractivity contribution in [3.8, 4) is 0 Å². The highest BCUT2D eigenvalue weighted by atomic mass is 35.5. The van der Waals surface area contributed by atoms with Gasteiger partial charge in [-0.3, -0.25) is 9.69 Å². The van der Waals surface area contributed by atoms with Crippen LogP contribution in [0.5, 0.6) is 0 Å². The second-order valence-electron chi connectivity index (χ2n) is 6.98. The summed E-state index contributed by atoms with van der Waals surface area (Å²) < 4.78 is 0. The molecule has 0 N–H and O–H groups in total. The van der Waals surface area contributed by atoms with E-state index in [1.54, 1.807) is 29.2 Å². The zero-order valence-electron chi connectivity index (χ0n) is 16.4. The third kappa shape index (κ3) is 4.46. The van der Waals surface area contributed by atoms with Gasteiger partial charge in [0.25, 0.3) is 5.91 Å². The first-order valence-corrected chi connectivity index (χ1v) is 10.9. The van der Waals surface area contributed by atoms with E-state index in [1.807, 2.05) is 62.4 Å². The normalized spacial score (nSPS) is 16.7. The summed E-state index contributed by atoms with van der Waals surface area (Å²) in [6.07, 6.45) is 1.78. The van der Waals surface area contributed by atoms with Crippen molar-refractivity contribution in [1.82, 2.24) is 0 Å². The topological polar surface area (TPSA) is 32.7 Å². The number of rotatable bonds is 3. The molecule has 1 saturated heterocycles. The maximum atomic E-state index is 13.3. The molecule has 0 aliphatic carbocycles. The van der Waals surface area contributed by atoms with Crippen molar-refractivity contribution in [1.29, 1.82) is 0 Å². The van der Waals surface area contributed by atoms with Gasteiger partial charge >= 0.3 is 0 Å². The second-order valence-corrected chi connectivity index (χ2v) is 8.84. The smallest absolute Gasteiger partial charge is 0.268 e. The Morgan fingerprint density at radius 2 is 1.53 bits per heavy atom. The summed E-state index contributed by atoms with van der Waals surface area (Å²) in [7, 11) is 0. The highest BCUT2D eigenvalue weighted by Gasteiger charge is 2.34. The lowest BCUT2D eigenvalue weighted by Gasteiger charge is -2.16. The summed E-state index contributed by atoms with van der Waals surface area (Å²) in [6, 6.07) is 20.9. The van der Waals surface area contributed by atoms with Crippen LogP contribution in [0.2, 0.25) is 10.0 Å². The Hall–Kier alpha value is -2.53. The van der Waals surface area contributed by atoms with Crippen LogP contribution in [0.25, 0.3) is 6.08 Å². The number of amidine groups is 1. The van der Waals surface area contributed by atoms with Crippen LogP contribution in [0.4, 0.5) is 11.4 Å². The molecule has 0 unspecified atom stereocenters. The molecule has 0 bridgehead atoms. The SMILES string of the molecule is Cc1ccc(N=C2S/C(=C/c3ccc(Cl)cc3Cl)C(=O)N2c2ccc(C)cc2)cc1. The van der Waals surface area contributed by atoms with Gasteiger partial charge in [0, 0.05) is 10.0 Å². The maximum Gasteiger partial charge on any atom is 0.271 e. The predicted molar refractivity (Wildman–Crippen MR) is 129 cm³/mol. The van der Waals surface area contributed by atoms with Crippen LogP contribution >= 0.6 is 35.0 Å². The summed E-state index contributed by atoms with van der Waals surface area (Å²) >= 11 is 13.6. The van der Waals surface area contributed by atoms with Gasteiger partial charge in [-0.15, -0.1) is 0 Å². The van der Waals surface area contributed by atoms with Gasteiger partial charge in [-0.25, -0.2) is 4.99 Å². The van der Waals surface area contributed by atoms with Crippen LogP contribution in [0, 0.1) is 13.8 Å². The molecule has 1 aliphatic heterocycles. The zero-order chi connectivity index (χ0) is 21.3. The molecule has 4 rings (SSSR count). The molecule has 1 amide bonds. The van der Waals surface area contributed by atoms with Gasteiger partial charge in [-0.1, -0.05) is 64.7 Å². The van der Waals surface area contributed by atoms with Gasteiger partial charge in [0.15, 0.2) is 5.17 Å². The number of aryl methyl sites for hydroxylation is 2. The lowest BCUT2D eigenvalue weighted by atomic mass is 10.2. The van der Waals surface area contributed by atoms with E-state index in [0.29, 0.717) is 20.1 Å². The van der Waals surface area contributed by atoms with Crippen LogP contribution in [-0.2, 0) is 4.79 Å². The average molecular weight is 453 g/mol. The summed E-state index contributed by atoms with van der Waals surface area (Å²) in [5, 5.41) is 1.65. The highest BCUT2D eigenvalue weighted by molar-refractivity contribution is 8.19. The number of anilines is 1. The molecule has 1 heterocycles. The lowest BCUT2D eigenvalue weighted by molar-refractivity contribution is -0.113. The Morgan fingerprint density at radius 3 is 2.17 bits per heavy atom. The molecule has 1 fully saturated rings. The number of benzene rings is 3. The van der Waals surface area contributed by atoms with Gasteiger partial charge in [0.1, 0.15) is 0 Å². The predicted octanol–water partition coefficient (Wildman–Crippen LogP) is 7.42. The number of hydrogen-bond acceptors (Lipinski definition) is 3. The Morgan fingerprint density at radius 1 is 0.900 bits per heavy atom. The molecule has 3 aromatic rings. The molecule has 3 aromatic carbocycles. The highest BCUT2D eigenvalue weighted by Crippen LogP contribution is 2.38. The third-order valence-electron chi connectivity index (χ3n) is 4.61. The van der Waals surface area contributed by atoms with Crippen molar-refractivity contribution in [3.05, 3.63) is 98.4 Å². The van der Waals surface area contributed by atoms with Crippen LogP contribution < -0.4 is 4.90 Å². The second kappa shape index (κ2) is 8.68. The summed E-state index contributed by atoms with van der Waals surface area (Å²) in [5.74, 6) is -0.138. The van der Waals surface area contributed by atoms with Crippen LogP contribution in [0.3, 0.4) is 0 Å². The largest absolute Gasteiger partial charge is 0.271 e. The number of aliphatic imine (C=N–C) groups is 1. The average Bonchev–Trinajstić information content (AvgIpc) is 3.01. The minimum absolute atomic E-state index is 0.138. The molecular weight excluding hydrogens is 435 g/mol. The zero-order valence-corrected chi connectivity index (χ0v) is 18.7. The fourth-order valence-corrected chi connectivity index (χ4v) is 4.41. The quantitative estimate of drug-likeness (QED) is 0.387. The van der Waals surface area contributed by atoms with Crippen LogP contribution in [0.15, 0.2) is 76.6 Å². The number of carbonyl (C=O) groups is 1. The van der Waals surface area contributed by atoms with Gasteiger partial charge < -0.3 is 0 Å². The molecule has 150 valence electrons. The minimum Gasteiger partial charge on any atom is -0.268 e. The molecule has 0 aromatic heterocycles. The Balaban J connectivity index is 1.78. The van der Waals surface area contributed by atoms with E-state index in [9.17, 15) is 4.79 Å². The first-order chi connectivity index (χ1) is 14.4. The monoisotopic (exact) mass is 452 g/mol. The summed E-state index contributed by atoms with van der Waals surface area (Å²) in [6.45, 7) is 4.04. The lowest BCUT2D eigenvalue weighted by Crippen LogP contribution is -2.28. The molecule has 6 heteroatoms. The van der Waals surface area contributed by atoms with E-state index in [4.69, 9.17) is 28.2 Å². The van der Waals surface area contributed by atoms with Crippen molar-refractivity contribution in [3.63, 3.8) is 0 Å². The van der Waals surface area contributed by atoms with Gasteiger partial charge in [0.05, 0.1) is 16.3 Å². The number of halogens is 2. The third-order valence-corrected chi connectivity index (χ3v) is 6.14. The van der Waals surface area contributed by atoms with E-state index in [2.05, 4.69) is 0 Å². The molecule has 0 atom stereocenters. The Bertz CT molecular complexity index is 1170. The first-order valence-electron chi connectivity index (χ1n) is 9.32. The van der Waals surface area contributed by atoms with Crippen molar-refractivity contribution in [2.24, 2.45) is 4.99 Å². The maximum absolute atomic E-state index is 13.3.